The van der Waals surface area contributed by atoms with Crippen molar-refractivity contribution in [3.63, 3.8) is 0 Å². The number of carbonyl (C=O) groups excluding carboxylic acids is 1. The van der Waals surface area contributed by atoms with Crippen molar-refractivity contribution in [2.75, 3.05) is 11.9 Å². The third-order valence-electron chi connectivity index (χ3n) is 3.79. The fraction of sp³-hybridized carbons (Fsp3) is 0.438. The first kappa shape index (κ1) is 14.6. The lowest BCUT2D eigenvalue weighted by molar-refractivity contribution is -0.124. The molecule has 1 aromatic rings. The minimum absolute atomic E-state index is 0.521. The Bertz CT molecular complexity index is 465. The Morgan fingerprint density at radius 1 is 1.25 bits per heavy atom. The lowest BCUT2D eigenvalue weighted by atomic mass is 9.89. The summed E-state index contributed by atoms with van der Waals surface area (Å²) in [6, 6.07) is 7.87. The van der Waals surface area contributed by atoms with E-state index in [9.17, 15) is 4.79 Å². The molecule has 0 aromatic heterocycles. The van der Waals surface area contributed by atoms with Crippen LogP contribution < -0.4 is 10.8 Å². The van der Waals surface area contributed by atoms with Gasteiger partial charge in [-0.05, 0) is 36.5 Å². The minimum Gasteiger partial charge on any atom is -0.384 e. The third kappa shape index (κ3) is 4.38. The lowest BCUT2D eigenvalue weighted by Crippen LogP contribution is -2.17. The lowest BCUT2D eigenvalue weighted by Gasteiger charge is -2.22. The number of hydroxylamine groups is 1. The second kappa shape index (κ2) is 7.70. The van der Waals surface area contributed by atoms with E-state index >= 15 is 0 Å². The Kier molecular flexibility index (Phi) is 5.62. The summed E-state index contributed by atoms with van der Waals surface area (Å²) in [5.74, 6) is 0.230. The molecule has 108 valence electrons. The fourth-order valence-corrected chi connectivity index (χ4v) is 2.65. The highest BCUT2D eigenvalue weighted by atomic mass is 16.5. The molecule has 0 radical (unpaired) electrons. The summed E-state index contributed by atoms with van der Waals surface area (Å²) >= 11 is 0. The Hall–Kier alpha value is -1.81. The molecular weight excluding hydrogens is 252 g/mol. The number of para-hydroxylation sites is 1. The molecule has 0 saturated heterocycles. The Morgan fingerprint density at radius 2 is 2.00 bits per heavy atom. The normalized spacial score (nSPS) is 16.2. The first-order valence-corrected chi connectivity index (χ1v) is 7.24. The smallest absolute Gasteiger partial charge is 0.267 e. The van der Waals surface area contributed by atoms with E-state index in [2.05, 4.69) is 5.32 Å². The van der Waals surface area contributed by atoms with Crippen LogP contribution in [0.15, 0.2) is 30.3 Å². The minimum atomic E-state index is -0.521. The van der Waals surface area contributed by atoms with E-state index in [0.29, 0.717) is 0 Å². The topological polar surface area (TPSA) is 61.4 Å². The van der Waals surface area contributed by atoms with E-state index in [-0.39, 0.29) is 0 Å². The number of carbonyl (C=O) groups is 1. The average Bonchev–Trinajstić information content (AvgIpc) is 2.52. The molecule has 1 saturated carbocycles. The Labute approximate surface area is 119 Å². The molecule has 20 heavy (non-hydrogen) atoms. The van der Waals surface area contributed by atoms with Crippen molar-refractivity contribution in [1.82, 2.24) is 5.48 Å². The molecule has 0 unspecified atom stereocenters. The van der Waals surface area contributed by atoms with Crippen LogP contribution in [0.5, 0.6) is 0 Å². The number of anilines is 1. The van der Waals surface area contributed by atoms with Gasteiger partial charge < -0.3 is 5.32 Å². The van der Waals surface area contributed by atoms with Crippen LogP contribution in [0.25, 0.3) is 6.08 Å². The Morgan fingerprint density at radius 3 is 2.75 bits per heavy atom. The molecule has 0 spiro atoms. The molecule has 1 amide bonds. The number of hydrogen-bond donors (Lipinski definition) is 3. The van der Waals surface area contributed by atoms with Crippen molar-refractivity contribution in [3.05, 3.63) is 35.9 Å². The number of hydrogen-bond acceptors (Lipinski definition) is 3. The molecule has 1 aliphatic rings. The van der Waals surface area contributed by atoms with E-state index in [1.807, 2.05) is 24.3 Å². The highest BCUT2D eigenvalue weighted by molar-refractivity contribution is 5.91. The van der Waals surface area contributed by atoms with Gasteiger partial charge in [-0.3, -0.25) is 10.0 Å². The van der Waals surface area contributed by atoms with E-state index in [0.717, 1.165) is 23.7 Å². The molecule has 0 bridgehead atoms. The van der Waals surface area contributed by atoms with Gasteiger partial charge in [-0.15, -0.1) is 0 Å². The van der Waals surface area contributed by atoms with Crippen molar-refractivity contribution in [3.8, 4) is 0 Å². The molecular formula is C16H22N2O2. The van der Waals surface area contributed by atoms with Crippen LogP contribution in [0.3, 0.4) is 0 Å². The number of benzene rings is 1. The van der Waals surface area contributed by atoms with Crippen molar-refractivity contribution in [1.29, 1.82) is 0 Å². The van der Waals surface area contributed by atoms with Gasteiger partial charge in [0.1, 0.15) is 0 Å². The van der Waals surface area contributed by atoms with Crippen LogP contribution in [-0.4, -0.2) is 17.7 Å². The maximum Gasteiger partial charge on any atom is 0.267 e. The van der Waals surface area contributed by atoms with Gasteiger partial charge in [0.25, 0.3) is 5.91 Å². The molecule has 1 aliphatic carbocycles. The highest BCUT2D eigenvalue weighted by Gasteiger charge is 2.13. The first-order valence-electron chi connectivity index (χ1n) is 7.24. The van der Waals surface area contributed by atoms with Gasteiger partial charge in [-0.25, -0.2) is 5.48 Å². The van der Waals surface area contributed by atoms with Gasteiger partial charge in [0, 0.05) is 18.3 Å². The summed E-state index contributed by atoms with van der Waals surface area (Å²) in [5.41, 5.74) is 3.57. The van der Waals surface area contributed by atoms with E-state index in [1.165, 1.54) is 38.2 Å². The monoisotopic (exact) mass is 274 g/mol. The van der Waals surface area contributed by atoms with Crippen molar-refractivity contribution in [2.45, 2.75) is 32.1 Å². The summed E-state index contributed by atoms with van der Waals surface area (Å²) in [4.78, 5) is 11.0. The van der Waals surface area contributed by atoms with Crippen LogP contribution >= 0.6 is 0 Å². The van der Waals surface area contributed by atoms with Crippen molar-refractivity contribution < 1.29 is 10.0 Å². The Balaban J connectivity index is 1.96. The predicted octanol–water partition coefficient (Wildman–Crippen LogP) is 3.20. The average molecular weight is 274 g/mol. The fourth-order valence-electron chi connectivity index (χ4n) is 2.65. The van der Waals surface area contributed by atoms with Crippen molar-refractivity contribution in [2.24, 2.45) is 5.92 Å². The quantitative estimate of drug-likeness (QED) is 0.439. The number of rotatable bonds is 5. The molecule has 0 heterocycles. The van der Waals surface area contributed by atoms with E-state index in [4.69, 9.17) is 5.21 Å². The van der Waals surface area contributed by atoms with Crippen LogP contribution in [0.4, 0.5) is 5.69 Å². The molecule has 1 aromatic carbocycles. The molecule has 1 fully saturated rings. The second-order valence-electron chi connectivity index (χ2n) is 5.28. The van der Waals surface area contributed by atoms with E-state index in [1.54, 1.807) is 11.6 Å². The zero-order valence-electron chi connectivity index (χ0n) is 11.6. The predicted molar refractivity (Wildman–Crippen MR) is 80.5 cm³/mol. The van der Waals surface area contributed by atoms with Crippen LogP contribution in [-0.2, 0) is 4.79 Å². The first-order chi connectivity index (χ1) is 9.79. The largest absolute Gasteiger partial charge is 0.384 e. The maximum absolute atomic E-state index is 11.0. The van der Waals surface area contributed by atoms with Gasteiger partial charge in [0.15, 0.2) is 0 Å². The molecule has 2 rings (SSSR count). The van der Waals surface area contributed by atoms with Crippen LogP contribution in [0, 0.1) is 5.92 Å². The summed E-state index contributed by atoms with van der Waals surface area (Å²) < 4.78 is 0. The second-order valence-corrected chi connectivity index (χ2v) is 5.28. The highest BCUT2D eigenvalue weighted by Crippen LogP contribution is 2.25. The number of amides is 1. The zero-order valence-corrected chi connectivity index (χ0v) is 11.6. The summed E-state index contributed by atoms with van der Waals surface area (Å²) in [5, 5.41) is 12.0. The standard InChI is InChI=1S/C16H22N2O2/c19-16(18-20)11-10-14-8-4-5-9-15(14)17-12-13-6-2-1-3-7-13/h4-5,8-11,13,17,20H,1-3,6-7,12H2,(H,18,19). The molecule has 4 heteroatoms. The number of nitrogens with one attached hydrogen (secondary N) is 2. The molecule has 0 atom stereocenters. The molecule has 4 nitrogen and oxygen atoms in total. The maximum atomic E-state index is 11.0. The van der Waals surface area contributed by atoms with Crippen LogP contribution in [0.2, 0.25) is 0 Å². The summed E-state index contributed by atoms with van der Waals surface area (Å²) in [6.45, 7) is 0.983. The van der Waals surface area contributed by atoms with Gasteiger partial charge >= 0.3 is 0 Å². The summed E-state index contributed by atoms with van der Waals surface area (Å²) in [7, 11) is 0. The van der Waals surface area contributed by atoms with Gasteiger partial charge in [0.2, 0.25) is 0 Å². The van der Waals surface area contributed by atoms with E-state index < -0.39 is 5.91 Å². The van der Waals surface area contributed by atoms with Gasteiger partial charge in [0.05, 0.1) is 0 Å². The van der Waals surface area contributed by atoms with Gasteiger partial charge in [-0.2, -0.15) is 0 Å². The van der Waals surface area contributed by atoms with Gasteiger partial charge in [-0.1, -0.05) is 37.5 Å². The molecule has 0 aliphatic heterocycles. The SMILES string of the molecule is O=C(C=Cc1ccccc1NCC1CCCCC1)NO. The third-order valence-corrected chi connectivity index (χ3v) is 3.79. The van der Waals surface area contributed by atoms with Crippen LogP contribution in [0.1, 0.15) is 37.7 Å². The molecule has 3 N–H and O–H groups in total. The zero-order chi connectivity index (χ0) is 14.2. The van der Waals surface area contributed by atoms with Crippen molar-refractivity contribution >= 4 is 17.7 Å². The summed E-state index contributed by atoms with van der Waals surface area (Å²) in [6.07, 6.45) is 9.67.